The SMILES string of the molecule is CC1(C)CC(NC(=O)OCc2ccccc2)(C(=O)O)CC(C)(C)O1. The smallest absolute Gasteiger partial charge is 0.408 e. The molecule has 1 saturated heterocycles. The number of hydrogen-bond acceptors (Lipinski definition) is 4. The summed E-state index contributed by atoms with van der Waals surface area (Å²) < 4.78 is 11.1. The van der Waals surface area contributed by atoms with E-state index in [2.05, 4.69) is 5.32 Å². The highest BCUT2D eigenvalue weighted by atomic mass is 16.6. The second-order valence-corrected chi connectivity index (χ2v) is 7.55. The van der Waals surface area contributed by atoms with Crippen molar-refractivity contribution in [3.8, 4) is 0 Å². The average molecular weight is 335 g/mol. The summed E-state index contributed by atoms with van der Waals surface area (Å²) in [5, 5.41) is 12.3. The van der Waals surface area contributed by atoms with Gasteiger partial charge < -0.3 is 19.9 Å². The lowest BCUT2D eigenvalue weighted by molar-refractivity contribution is -0.194. The molecule has 2 N–H and O–H groups in total. The molecule has 1 aliphatic heterocycles. The third-order valence-corrected chi connectivity index (χ3v) is 3.97. The average Bonchev–Trinajstić information content (AvgIpc) is 2.42. The first-order chi connectivity index (χ1) is 11.0. The van der Waals surface area contributed by atoms with E-state index in [4.69, 9.17) is 9.47 Å². The molecule has 1 aliphatic rings. The van der Waals surface area contributed by atoms with Crippen molar-refractivity contribution in [3.63, 3.8) is 0 Å². The monoisotopic (exact) mass is 335 g/mol. The van der Waals surface area contributed by atoms with Crippen molar-refractivity contribution in [2.45, 2.75) is 63.9 Å². The van der Waals surface area contributed by atoms with Crippen LogP contribution < -0.4 is 5.32 Å². The Morgan fingerprint density at radius 2 is 1.67 bits per heavy atom. The van der Waals surface area contributed by atoms with Crippen molar-refractivity contribution in [2.24, 2.45) is 0 Å². The first-order valence-corrected chi connectivity index (χ1v) is 7.96. The normalized spacial score (nSPS) is 20.8. The molecule has 0 bridgehead atoms. The van der Waals surface area contributed by atoms with Gasteiger partial charge in [-0.25, -0.2) is 9.59 Å². The Hall–Kier alpha value is -2.08. The van der Waals surface area contributed by atoms with Crippen LogP contribution in [0, 0.1) is 0 Å². The number of alkyl carbamates (subject to hydrolysis) is 1. The van der Waals surface area contributed by atoms with Crippen LogP contribution in [0.2, 0.25) is 0 Å². The first-order valence-electron chi connectivity index (χ1n) is 7.96. The number of amides is 1. The van der Waals surface area contributed by atoms with Gasteiger partial charge in [-0.3, -0.25) is 0 Å². The lowest BCUT2D eigenvalue weighted by Gasteiger charge is -2.49. The van der Waals surface area contributed by atoms with E-state index in [1.165, 1.54) is 0 Å². The molecular formula is C18H25NO5. The summed E-state index contributed by atoms with van der Waals surface area (Å²) in [5.74, 6) is -1.08. The quantitative estimate of drug-likeness (QED) is 0.883. The van der Waals surface area contributed by atoms with Crippen LogP contribution >= 0.6 is 0 Å². The van der Waals surface area contributed by atoms with Gasteiger partial charge in [0.2, 0.25) is 0 Å². The number of carbonyl (C=O) groups excluding carboxylic acids is 1. The van der Waals surface area contributed by atoms with E-state index in [0.29, 0.717) is 0 Å². The zero-order chi connectivity index (χ0) is 18.0. The fourth-order valence-corrected chi connectivity index (χ4v) is 3.58. The molecule has 132 valence electrons. The minimum Gasteiger partial charge on any atom is -0.479 e. The van der Waals surface area contributed by atoms with E-state index < -0.39 is 28.8 Å². The Kier molecular flexibility index (Phi) is 4.90. The van der Waals surface area contributed by atoms with Crippen LogP contribution in [0.4, 0.5) is 4.79 Å². The zero-order valence-electron chi connectivity index (χ0n) is 14.6. The van der Waals surface area contributed by atoms with E-state index in [-0.39, 0.29) is 19.4 Å². The Labute approximate surface area is 142 Å². The predicted molar refractivity (Wildman–Crippen MR) is 88.6 cm³/mol. The number of hydrogen-bond donors (Lipinski definition) is 2. The number of benzene rings is 1. The van der Waals surface area contributed by atoms with Gasteiger partial charge in [0.25, 0.3) is 0 Å². The molecule has 6 nitrogen and oxygen atoms in total. The van der Waals surface area contributed by atoms with Gasteiger partial charge in [0.05, 0.1) is 11.2 Å². The minimum absolute atomic E-state index is 0.0889. The fraction of sp³-hybridized carbons (Fsp3) is 0.556. The highest BCUT2D eigenvalue weighted by Crippen LogP contribution is 2.41. The largest absolute Gasteiger partial charge is 0.479 e. The van der Waals surface area contributed by atoms with Crippen LogP contribution in [0.1, 0.15) is 46.1 Å². The molecule has 1 heterocycles. The maximum absolute atomic E-state index is 12.2. The molecule has 2 rings (SSSR count). The topological polar surface area (TPSA) is 84.9 Å². The second-order valence-electron chi connectivity index (χ2n) is 7.55. The van der Waals surface area contributed by atoms with E-state index >= 15 is 0 Å². The van der Waals surface area contributed by atoms with E-state index in [9.17, 15) is 14.7 Å². The van der Waals surface area contributed by atoms with Crippen LogP contribution in [0.25, 0.3) is 0 Å². The maximum atomic E-state index is 12.2. The van der Waals surface area contributed by atoms with Crippen molar-refractivity contribution < 1.29 is 24.2 Å². The molecule has 6 heteroatoms. The maximum Gasteiger partial charge on any atom is 0.408 e. The molecule has 1 aromatic carbocycles. The molecule has 1 aromatic rings. The van der Waals surface area contributed by atoms with Gasteiger partial charge in [0.1, 0.15) is 12.1 Å². The number of nitrogens with one attached hydrogen (secondary N) is 1. The molecule has 0 unspecified atom stereocenters. The van der Waals surface area contributed by atoms with Crippen molar-refractivity contribution in [2.75, 3.05) is 0 Å². The van der Waals surface area contributed by atoms with E-state index in [0.717, 1.165) is 5.56 Å². The van der Waals surface area contributed by atoms with Gasteiger partial charge >= 0.3 is 12.1 Å². The number of aliphatic carboxylic acids is 1. The highest BCUT2D eigenvalue weighted by Gasteiger charge is 2.54. The third kappa shape index (κ3) is 4.47. The predicted octanol–water partition coefficient (Wildman–Crippen LogP) is 3.10. The fourth-order valence-electron chi connectivity index (χ4n) is 3.58. The van der Waals surface area contributed by atoms with Crippen molar-refractivity contribution in [1.29, 1.82) is 0 Å². The molecule has 0 spiro atoms. The minimum atomic E-state index is -1.42. The van der Waals surface area contributed by atoms with Crippen LogP contribution in [-0.4, -0.2) is 33.9 Å². The van der Waals surface area contributed by atoms with Crippen LogP contribution in [0.5, 0.6) is 0 Å². The van der Waals surface area contributed by atoms with Gasteiger partial charge in [0.15, 0.2) is 0 Å². The number of carbonyl (C=O) groups is 2. The molecule has 0 aromatic heterocycles. The Morgan fingerprint density at radius 3 is 2.17 bits per heavy atom. The molecule has 1 fully saturated rings. The molecular weight excluding hydrogens is 310 g/mol. The van der Waals surface area contributed by atoms with Crippen molar-refractivity contribution >= 4 is 12.1 Å². The Bertz CT molecular complexity index is 593. The molecule has 1 amide bonds. The summed E-state index contributed by atoms with van der Waals surface area (Å²) in [4.78, 5) is 24.1. The lowest BCUT2D eigenvalue weighted by Crippen LogP contribution is -2.65. The van der Waals surface area contributed by atoms with Gasteiger partial charge in [-0.15, -0.1) is 0 Å². The molecule has 0 radical (unpaired) electrons. The summed E-state index contributed by atoms with van der Waals surface area (Å²) in [5.41, 5.74) is -1.93. The Balaban J connectivity index is 2.10. The number of rotatable bonds is 4. The zero-order valence-corrected chi connectivity index (χ0v) is 14.6. The number of ether oxygens (including phenoxy) is 2. The van der Waals surface area contributed by atoms with E-state index in [1.807, 2.05) is 58.0 Å². The molecule has 0 saturated carbocycles. The number of carboxylic acid groups (broad SMARTS) is 1. The van der Waals surface area contributed by atoms with Crippen molar-refractivity contribution in [1.82, 2.24) is 5.32 Å². The third-order valence-electron chi connectivity index (χ3n) is 3.97. The van der Waals surface area contributed by atoms with Gasteiger partial charge in [-0.2, -0.15) is 0 Å². The first kappa shape index (κ1) is 18.3. The Morgan fingerprint density at radius 1 is 1.12 bits per heavy atom. The van der Waals surface area contributed by atoms with Gasteiger partial charge in [0, 0.05) is 12.8 Å². The van der Waals surface area contributed by atoms with Gasteiger partial charge in [-0.1, -0.05) is 30.3 Å². The summed E-state index contributed by atoms with van der Waals surface area (Å²) in [7, 11) is 0. The molecule has 0 atom stereocenters. The lowest BCUT2D eigenvalue weighted by atomic mass is 9.75. The highest BCUT2D eigenvalue weighted by molar-refractivity contribution is 5.84. The van der Waals surface area contributed by atoms with Gasteiger partial charge in [-0.05, 0) is 33.3 Å². The van der Waals surface area contributed by atoms with Crippen molar-refractivity contribution in [3.05, 3.63) is 35.9 Å². The van der Waals surface area contributed by atoms with Crippen LogP contribution in [-0.2, 0) is 20.9 Å². The summed E-state index contributed by atoms with van der Waals surface area (Å²) >= 11 is 0. The molecule has 24 heavy (non-hydrogen) atoms. The van der Waals surface area contributed by atoms with Crippen LogP contribution in [0.3, 0.4) is 0 Å². The number of carboxylic acids is 1. The second kappa shape index (κ2) is 6.43. The van der Waals surface area contributed by atoms with E-state index in [1.54, 1.807) is 0 Å². The summed E-state index contributed by atoms with van der Waals surface area (Å²) in [6.07, 6.45) is -0.409. The molecule has 0 aliphatic carbocycles. The summed E-state index contributed by atoms with van der Waals surface area (Å²) in [6, 6.07) is 9.23. The summed E-state index contributed by atoms with van der Waals surface area (Å²) in [6.45, 7) is 7.38. The van der Waals surface area contributed by atoms with Crippen LogP contribution in [0.15, 0.2) is 30.3 Å². The standard InChI is InChI=1S/C18H25NO5/c1-16(2)11-18(14(20)21,12-17(3,4)24-16)19-15(22)23-10-13-8-6-5-7-9-13/h5-9H,10-12H2,1-4H3,(H,19,22)(H,20,21).